The van der Waals surface area contributed by atoms with Crippen LogP contribution in [0.5, 0.6) is 0 Å². The highest BCUT2D eigenvalue weighted by Gasteiger charge is 2.19. The molecule has 84 valence electrons. The molecule has 1 aromatic rings. The maximum absolute atomic E-state index is 6.16. The van der Waals surface area contributed by atoms with Gasteiger partial charge in [0.2, 0.25) is 0 Å². The Balaban J connectivity index is 1.81. The van der Waals surface area contributed by atoms with Crippen LogP contribution in [0.1, 0.15) is 30.7 Å². The maximum Gasteiger partial charge on any atom is 0.0846 e. The predicted molar refractivity (Wildman–Crippen MR) is 62.3 cm³/mol. The number of hydrogen-bond donors (Lipinski definition) is 1. The minimum atomic E-state index is 0.800. The zero-order valence-corrected chi connectivity index (χ0v) is 10.1. The summed E-state index contributed by atoms with van der Waals surface area (Å²) in [4.78, 5) is 0. The Kier molecular flexibility index (Phi) is 3.32. The fourth-order valence-electron chi connectivity index (χ4n) is 1.80. The van der Waals surface area contributed by atoms with E-state index in [2.05, 4.69) is 10.4 Å². The molecule has 0 aromatic carbocycles. The van der Waals surface area contributed by atoms with Gasteiger partial charge in [0.05, 0.1) is 16.4 Å². The van der Waals surface area contributed by atoms with Crippen molar-refractivity contribution in [3.63, 3.8) is 0 Å². The number of nitrogens with one attached hydrogen (secondary N) is 1. The molecule has 2 rings (SSSR count). The highest BCUT2D eigenvalue weighted by atomic mass is 35.5. The molecule has 0 aliphatic heterocycles. The van der Waals surface area contributed by atoms with Crippen molar-refractivity contribution < 1.29 is 0 Å². The summed E-state index contributed by atoms with van der Waals surface area (Å²) in [6.07, 6.45) is 4.85. The number of rotatable bonds is 5. The summed E-state index contributed by atoms with van der Waals surface area (Å²) < 4.78 is 1.90. The van der Waals surface area contributed by atoms with E-state index in [-0.39, 0.29) is 0 Å². The monoisotopic (exact) mass is 227 g/mol. The Hall–Kier alpha value is -0.540. The molecule has 1 aliphatic rings. The van der Waals surface area contributed by atoms with Crippen molar-refractivity contribution in [2.75, 3.05) is 6.54 Å². The molecule has 1 fully saturated rings. The molecule has 1 saturated carbocycles. The molecule has 1 aliphatic carbocycles. The molecule has 1 heterocycles. The third-order valence-corrected chi connectivity index (χ3v) is 3.35. The Morgan fingerprint density at radius 3 is 2.80 bits per heavy atom. The van der Waals surface area contributed by atoms with Gasteiger partial charge >= 0.3 is 0 Å². The fraction of sp³-hybridized carbons (Fsp3) is 0.727. The molecule has 1 aromatic heterocycles. The molecular formula is C11H18ClN3. The standard InChI is InChI=1S/C11H18ClN3/c1-8-11(12)10(15(2)14-8)4-3-7-13-9-5-6-9/h9,13H,3-7H2,1-2H3. The van der Waals surface area contributed by atoms with E-state index < -0.39 is 0 Å². The van der Waals surface area contributed by atoms with Crippen LogP contribution in [-0.2, 0) is 13.5 Å². The van der Waals surface area contributed by atoms with Crippen molar-refractivity contribution in [3.05, 3.63) is 16.4 Å². The lowest BCUT2D eigenvalue weighted by Gasteiger charge is -2.04. The summed E-state index contributed by atoms with van der Waals surface area (Å²) >= 11 is 6.16. The average molecular weight is 228 g/mol. The van der Waals surface area contributed by atoms with Crippen molar-refractivity contribution in [2.45, 2.75) is 38.6 Å². The van der Waals surface area contributed by atoms with Crippen molar-refractivity contribution in [2.24, 2.45) is 7.05 Å². The quantitative estimate of drug-likeness (QED) is 0.781. The smallest absolute Gasteiger partial charge is 0.0846 e. The zero-order valence-electron chi connectivity index (χ0n) is 9.39. The maximum atomic E-state index is 6.16. The van der Waals surface area contributed by atoms with E-state index in [0.29, 0.717) is 0 Å². The second kappa shape index (κ2) is 4.54. The minimum absolute atomic E-state index is 0.800. The summed E-state index contributed by atoms with van der Waals surface area (Å²) in [6.45, 7) is 3.04. The molecule has 0 saturated heterocycles. The van der Waals surface area contributed by atoms with Gasteiger partial charge in [-0.1, -0.05) is 11.6 Å². The molecule has 0 unspecified atom stereocenters. The number of hydrogen-bond acceptors (Lipinski definition) is 2. The molecule has 0 radical (unpaired) electrons. The van der Waals surface area contributed by atoms with E-state index in [1.807, 2.05) is 18.7 Å². The summed E-state index contributed by atoms with van der Waals surface area (Å²) in [7, 11) is 1.96. The molecule has 0 atom stereocenters. The van der Waals surface area contributed by atoms with Crippen LogP contribution in [0.15, 0.2) is 0 Å². The van der Waals surface area contributed by atoms with Gasteiger partial charge in [0.1, 0.15) is 0 Å². The molecule has 1 N–H and O–H groups in total. The minimum Gasteiger partial charge on any atom is -0.314 e. The second-order valence-electron chi connectivity index (χ2n) is 4.30. The Labute approximate surface area is 95.8 Å². The van der Waals surface area contributed by atoms with Gasteiger partial charge in [-0.05, 0) is 39.2 Å². The largest absolute Gasteiger partial charge is 0.314 e. The van der Waals surface area contributed by atoms with Gasteiger partial charge in [-0.15, -0.1) is 0 Å². The summed E-state index contributed by atoms with van der Waals surface area (Å²) in [5.41, 5.74) is 2.09. The number of aryl methyl sites for hydroxylation is 2. The van der Waals surface area contributed by atoms with E-state index in [0.717, 1.165) is 41.8 Å². The van der Waals surface area contributed by atoms with Gasteiger partial charge in [-0.25, -0.2) is 0 Å². The first kappa shape index (κ1) is 11.0. The van der Waals surface area contributed by atoms with Crippen LogP contribution in [0, 0.1) is 6.92 Å². The van der Waals surface area contributed by atoms with Crippen LogP contribution in [-0.4, -0.2) is 22.4 Å². The molecule has 0 bridgehead atoms. The van der Waals surface area contributed by atoms with Gasteiger partial charge in [-0.2, -0.15) is 5.10 Å². The van der Waals surface area contributed by atoms with Gasteiger partial charge in [0.15, 0.2) is 0 Å². The van der Waals surface area contributed by atoms with Crippen LogP contribution >= 0.6 is 11.6 Å². The van der Waals surface area contributed by atoms with E-state index in [1.165, 1.54) is 12.8 Å². The summed E-state index contributed by atoms with van der Waals surface area (Å²) in [5, 5.41) is 8.64. The van der Waals surface area contributed by atoms with Gasteiger partial charge < -0.3 is 5.32 Å². The molecule has 3 nitrogen and oxygen atoms in total. The third-order valence-electron chi connectivity index (χ3n) is 2.86. The molecule has 0 amide bonds. The Morgan fingerprint density at radius 1 is 1.53 bits per heavy atom. The van der Waals surface area contributed by atoms with Crippen molar-refractivity contribution in [3.8, 4) is 0 Å². The van der Waals surface area contributed by atoms with Crippen molar-refractivity contribution >= 4 is 11.6 Å². The van der Waals surface area contributed by atoms with Gasteiger partial charge in [0.25, 0.3) is 0 Å². The predicted octanol–water partition coefficient (Wildman–Crippen LogP) is 2.07. The number of halogens is 1. The van der Waals surface area contributed by atoms with Crippen LogP contribution < -0.4 is 5.32 Å². The van der Waals surface area contributed by atoms with Crippen LogP contribution in [0.3, 0.4) is 0 Å². The van der Waals surface area contributed by atoms with Crippen LogP contribution in [0.2, 0.25) is 5.02 Å². The van der Waals surface area contributed by atoms with Gasteiger partial charge in [-0.3, -0.25) is 4.68 Å². The lowest BCUT2D eigenvalue weighted by atomic mass is 10.2. The first-order valence-corrected chi connectivity index (χ1v) is 5.97. The lowest BCUT2D eigenvalue weighted by Crippen LogP contribution is -2.18. The first-order valence-electron chi connectivity index (χ1n) is 5.60. The molecule has 15 heavy (non-hydrogen) atoms. The first-order chi connectivity index (χ1) is 7.18. The Morgan fingerprint density at radius 2 is 2.27 bits per heavy atom. The summed E-state index contributed by atoms with van der Waals surface area (Å²) in [5.74, 6) is 0. The average Bonchev–Trinajstić information content (AvgIpc) is 2.96. The molecular weight excluding hydrogens is 210 g/mol. The molecule has 0 spiro atoms. The molecule has 4 heteroatoms. The van der Waals surface area contributed by atoms with Gasteiger partial charge in [0, 0.05) is 13.1 Å². The lowest BCUT2D eigenvalue weighted by molar-refractivity contribution is 0.619. The van der Waals surface area contributed by atoms with Crippen LogP contribution in [0.4, 0.5) is 0 Å². The highest BCUT2D eigenvalue weighted by Crippen LogP contribution is 2.21. The van der Waals surface area contributed by atoms with E-state index in [4.69, 9.17) is 11.6 Å². The summed E-state index contributed by atoms with van der Waals surface area (Å²) in [6, 6.07) is 0.800. The fourth-order valence-corrected chi connectivity index (χ4v) is 2.06. The van der Waals surface area contributed by atoms with E-state index in [1.54, 1.807) is 0 Å². The Bertz CT molecular complexity index is 342. The van der Waals surface area contributed by atoms with Crippen molar-refractivity contribution in [1.82, 2.24) is 15.1 Å². The zero-order chi connectivity index (χ0) is 10.8. The second-order valence-corrected chi connectivity index (χ2v) is 4.68. The number of aromatic nitrogens is 2. The van der Waals surface area contributed by atoms with E-state index >= 15 is 0 Å². The van der Waals surface area contributed by atoms with E-state index in [9.17, 15) is 0 Å². The SMILES string of the molecule is Cc1nn(C)c(CCCNC2CC2)c1Cl. The normalized spacial score (nSPS) is 15.9. The van der Waals surface area contributed by atoms with Crippen molar-refractivity contribution in [1.29, 1.82) is 0 Å². The topological polar surface area (TPSA) is 29.9 Å². The third kappa shape index (κ3) is 2.73. The highest BCUT2D eigenvalue weighted by molar-refractivity contribution is 6.31. The van der Waals surface area contributed by atoms with Crippen LogP contribution in [0.25, 0.3) is 0 Å². The number of nitrogens with zero attached hydrogens (tertiary/aromatic N) is 2.